The van der Waals surface area contributed by atoms with Gasteiger partial charge >= 0.3 is 0 Å². The summed E-state index contributed by atoms with van der Waals surface area (Å²) in [4.78, 5) is 11.7. The number of aryl methyl sites for hydroxylation is 3. The minimum atomic E-state index is -0.0681. The van der Waals surface area contributed by atoms with E-state index in [4.69, 9.17) is 5.73 Å². The Balaban J connectivity index is 1.68. The van der Waals surface area contributed by atoms with E-state index in [-0.39, 0.29) is 12.5 Å². The van der Waals surface area contributed by atoms with Gasteiger partial charge in [0.1, 0.15) is 12.4 Å². The Morgan fingerprint density at radius 2 is 2.20 bits per heavy atom. The lowest BCUT2D eigenvalue weighted by Crippen LogP contribution is -2.29. The summed E-state index contributed by atoms with van der Waals surface area (Å²) in [5, 5.41) is 11.2. The van der Waals surface area contributed by atoms with E-state index in [1.54, 1.807) is 12.3 Å². The van der Waals surface area contributed by atoms with E-state index in [9.17, 15) is 4.79 Å². The van der Waals surface area contributed by atoms with Crippen LogP contribution in [0.3, 0.4) is 0 Å². The molecule has 7 nitrogen and oxygen atoms in total. The van der Waals surface area contributed by atoms with Gasteiger partial charge in [-0.15, -0.1) is 0 Å². The summed E-state index contributed by atoms with van der Waals surface area (Å²) in [5.74, 6) is 0.351. The second-order valence-corrected chi connectivity index (χ2v) is 4.79. The van der Waals surface area contributed by atoms with Crippen LogP contribution in [0, 0.1) is 13.8 Å². The molecule has 0 spiro atoms. The SMILES string of the molecule is Cc1cc(C)n(CCCNC(=O)Cn2ccc(N)n2)n1. The van der Waals surface area contributed by atoms with Gasteiger partial charge in [0.15, 0.2) is 0 Å². The van der Waals surface area contributed by atoms with Crippen LogP contribution < -0.4 is 11.1 Å². The first kappa shape index (κ1) is 14.1. The molecule has 0 saturated carbocycles. The minimum absolute atomic E-state index is 0.0681. The number of carbonyl (C=O) groups excluding carboxylic acids is 1. The van der Waals surface area contributed by atoms with Gasteiger partial charge in [-0.25, -0.2) is 0 Å². The number of nitrogens with one attached hydrogen (secondary N) is 1. The molecule has 7 heteroatoms. The number of hydrogen-bond donors (Lipinski definition) is 2. The van der Waals surface area contributed by atoms with Crippen molar-refractivity contribution in [2.75, 3.05) is 12.3 Å². The number of rotatable bonds is 6. The Morgan fingerprint density at radius 3 is 2.80 bits per heavy atom. The molecular formula is C13H20N6O. The first-order chi connectivity index (χ1) is 9.54. The van der Waals surface area contributed by atoms with Crippen LogP contribution >= 0.6 is 0 Å². The van der Waals surface area contributed by atoms with Crippen molar-refractivity contribution in [3.63, 3.8) is 0 Å². The van der Waals surface area contributed by atoms with Crippen LogP contribution in [-0.4, -0.2) is 32.0 Å². The predicted octanol–water partition coefficient (Wildman–Crippen LogP) is 0.485. The predicted molar refractivity (Wildman–Crippen MR) is 76.0 cm³/mol. The largest absolute Gasteiger partial charge is 0.382 e. The summed E-state index contributed by atoms with van der Waals surface area (Å²) >= 11 is 0. The number of nitrogen functional groups attached to an aromatic ring is 1. The smallest absolute Gasteiger partial charge is 0.241 e. The molecule has 108 valence electrons. The van der Waals surface area contributed by atoms with Gasteiger partial charge in [-0.3, -0.25) is 14.2 Å². The van der Waals surface area contributed by atoms with Gasteiger partial charge in [0, 0.05) is 25.0 Å². The lowest BCUT2D eigenvalue weighted by atomic mass is 10.4. The maximum atomic E-state index is 11.7. The van der Waals surface area contributed by atoms with Gasteiger partial charge in [0.25, 0.3) is 0 Å². The van der Waals surface area contributed by atoms with Crippen molar-refractivity contribution in [2.24, 2.45) is 0 Å². The van der Waals surface area contributed by atoms with E-state index in [0.29, 0.717) is 12.4 Å². The molecule has 2 rings (SSSR count). The van der Waals surface area contributed by atoms with Crippen LogP contribution in [0.25, 0.3) is 0 Å². The van der Waals surface area contributed by atoms with Crippen LogP contribution in [0.2, 0.25) is 0 Å². The molecule has 0 aromatic carbocycles. The minimum Gasteiger partial charge on any atom is -0.382 e. The van der Waals surface area contributed by atoms with Gasteiger partial charge in [-0.1, -0.05) is 0 Å². The number of nitrogens with zero attached hydrogens (tertiary/aromatic N) is 4. The molecule has 2 aromatic heterocycles. The van der Waals surface area contributed by atoms with Gasteiger partial charge < -0.3 is 11.1 Å². The van der Waals surface area contributed by atoms with Gasteiger partial charge in [-0.05, 0) is 32.4 Å². The fourth-order valence-corrected chi connectivity index (χ4v) is 2.03. The summed E-state index contributed by atoms with van der Waals surface area (Å²) < 4.78 is 3.47. The quantitative estimate of drug-likeness (QED) is 0.751. The molecule has 2 aromatic rings. The zero-order chi connectivity index (χ0) is 14.5. The second kappa shape index (κ2) is 6.23. The molecular weight excluding hydrogens is 256 g/mol. The topological polar surface area (TPSA) is 90.8 Å². The Hall–Kier alpha value is -2.31. The lowest BCUT2D eigenvalue weighted by molar-refractivity contribution is -0.121. The zero-order valence-electron chi connectivity index (χ0n) is 11.8. The van der Waals surface area contributed by atoms with E-state index >= 15 is 0 Å². The van der Waals surface area contributed by atoms with Crippen molar-refractivity contribution in [1.82, 2.24) is 24.9 Å². The zero-order valence-corrected chi connectivity index (χ0v) is 11.8. The highest BCUT2D eigenvalue weighted by Crippen LogP contribution is 2.02. The Bertz CT molecular complexity index is 585. The van der Waals surface area contributed by atoms with Crippen LogP contribution in [0.15, 0.2) is 18.3 Å². The molecule has 1 amide bonds. The first-order valence-electron chi connectivity index (χ1n) is 6.61. The first-order valence-corrected chi connectivity index (χ1v) is 6.61. The molecule has 0 bridgehead atoms. The second-order valence-electron chi connectivity index (χ2n) is 4.79. The maximum absolute atomic E-state index is 11.7. The third-order valence-electron chi connectivity index (χ3n) is 2.94. The summed E-state index contributed by atoms with van der Waals surface area (Å²) in [6.07, 6.45) is 2.53. The summed E-state index contributed by atoms with van der Waals surface area (Å²) in [5.41, 5.74) is 7.64. The highest BCUT2D eigenvalue weighted by molar-refractivity contribution is 5.75. The van der Waals surface area contributed by atoms with Crippen LogP contribution in [0.4, 0.5) is 5.82 Å². The number of amides is 1. The van der Waals surface area contributed by atoms with E-state index in [2.05, 4.69) is 15.5 Å². The average Bonchev–Trinajstić information content (AvgIpc) is 2.91. The van der Waals surface area contributed by atoms with Crippen LogP contribution in [0.5, 0.6) is 0 Å². The summed E-state index contributed by atoms with van der Waals surface area (Å²) in [6, 6.07) is 3.71. The van der Waals surface area contributed by atoms with Gasteiger partial charge in [-0.2, -0.15) is 10.2 Å². The molecule has 0 radical (unpaired) electrons. The Morgan fingerprint density at radius 1 is 1.40 bits per heavy atom. The molecule has 0 aliphatic rings. The third-order valence-corrected chi connectivity index (χ3v) is 2.94. The molecule has 2 heterocycles. The van der Waals surface area contributed by atoms with Crippen molar-refractivity contribution in [3.05, 3.63) is 29.7 Å². The number of anilines is 1. The van der Waals surface area contributed by atoms with E-state index in [1.165, 1.54) is 4.68 Å². The van der Waals surface area contributed by atoms with E-state index in [0.717, 1.165) is 24.4 Å². The molecule has 20 heavy (non-hydrogen) atoms. The fraction of sp³-hybridized carbons (Fsp3) is 0.462. The van der Waals surface area contributed by atoms with Crippen LogP contribution in [0.1, 0.15) is 17.8 Å². The van der Waals surface area contributed by atoms with E-state index < -0.39 is 0 Å². The molecule has 0 unspecified atom stereocenters. The summed E-state index contributed by atoms with van der Waals surface area (Å²) in [7, 11) is 0. The third kappa shape index (κ3) is 3.84. The Labute approximate surface area is 117 Å². The lowest BCUT2D eigenvalue weighted by Gasteiger charge is -2.06. The highest BCUT2D eigenvalue weighted by Gasteiger charge is 2.04. The number of carbonyl (C=O) groups is 1. The van der Waals surface area contributed by atoms with Crippen LogP contribution in [-0.2, 0) is 17.9 Å². The maximum Gasteiger partial charge on any atom is 0.241 e. The monoisotopic (exact) mass is 276 g/mol. The van der Waals surface area contributed by atoms with Crippen molar-refractivity contribution in [2.45, 2.75) is 33.4 Å². The Kier molecular flexibility index (Phi) is 4.39. The summed E-state index contributed by atoms with van der Waals surface area (Å²) in [6.45, 7) is 5.61. The van der Waals surface area contributed by atoms with Gasteiger partial charge in [0.2, 0.25) is 5.91 Å². The number of nitrogens with two attached hydrogens (primary N) is 1. The standard InChI is InChI=1S/C13H20N6O/c1-10-8-11(2)19(16-10)6-3-5-15-13(20)9-18-7-4-12(14)17-18/h4,7-8H,3,5-6,9H2,1-2H3,(H2,14,17)(H,15,20). The van der Waals surface area contributed by atoms with Crippen molar-refractivity contribution in [3.8, 4) is 0 Å². The van der Waals surface area contributed by atoms with Gasteiger partial charge in [0.05, 0.1) is 5.69 Å². The molecule has 0 saturated heterocycles. The van der Waals surface area contributed by atoms with Crippen molar-refractivity contribution >= 4 is 11.7 Å². The molecule has 3 N–H and O–H groups in total. The normalized spacial score (nSPS) is 10.7. The molecule has 0 aliphatic carbocycles. The highest BCUT2D eigenvalue weighted by atomic mass is 16.2. The fourth-order valence-electron chi connectivity index (χ4n) is 2.03. The van der Waals surface area contributed by atoms with E-state index in [1.807, 2.05) is 24.6 Å². The number of aromatic nitrogens is 4. The average molecular weight is 276 g/mol. The molecule has 0 fully saturated rings. The van der Waals surface area contributed by atoms with Crippen molar-refractivity contribution in [1.29, 1.82) is 0 Å². The van der Waals surface area contributed by atoms with Crippen molar-refractivity contribution < 1.29 is 4.79 Å². The molecule has 0 atom stereocenters. The number of hydrogen-bond acceptors (Lipinski definition) is 4. The molecule has 0 aliphatic heterocycles.